The molecule has 1 heterocycles. The first-order valence-corrected chi connectivity index (χ1v) is 4.29. The second-order valence-corrected chi connectivity index (χ2v) is 2.99. The maximum Gasteiger partial charge on any atom is 0.372 e. The topological polar surface area (TPSA) is 70.7 Å². The number of hydrogen-bond donors (Lipinski definition) is 2. The van der Waals surface area contributed by atoms with Crippen LogP contribution in [0.1, 0.15) is 10.6 Å². The molecule has 0 amide bonds. The van der Waals surface area contributed by atoms with E-state index in [0.717, 1.165) is 0 Å². The Morgan fingerprint density at radius 2 is 1.87 bits per heavy atom. The molecule has 1 aromatic carbocycles. The van der Waals surface area contributed by atoms with Gasteiger partial charge in [0.1, 0.15) is 5.75 Å². The molecule has 4 nitrogen and oxygen atoms in total. The van der Waals surface area contributed by atoms with Crippen molar-refractivity contribution in [2.45, 2.75) is 0 Å². The van der Waals surface area contributed by atoms with E-state index in [0.29, 0.717) is 11.1 Å². The highest BCUT2D eigenvalue weighted by Crippen LogP contribution is 2.31. The number of rotatable bonds is 2. The lowest BCUT2D eigenvalue weighted by Gasteiger charge is -2.01. The normalized spacial score (nSPS) is 10.1. The first-order chi connectivity index (χ1) is 7.20. The Bertz CT molecular complexity index is 499. The molecule has 2 rings (SSSR count). The lowest BCUT2D eigenvalue weighted by Crippen LogP contribution is -1.95. The number of para-hydroxylation sites is 1. The predicted molar refractivity (Wildman–Crippen MR) is 52.8 cm³/mol. The number of carboxylic acids is 1. The van der Waals surface area contributed by atoms with Gasteiger partial charge in [-0.05, 0) is 12.1 Å². The van der Waals surface area contributed by atoms with Crippen molar-refractivity contribution in [3.8, 4) is 16.9 Å². The van der Waals surface area contributed by atoms with Crippen molar-refractivity contribution in [1.29, 1.82) is 0 Å². The predicted octanol–water partition coefficient (Wildman–Crippen LogP) is 2.35. The summed E-state index contributed by atoms with van der Waals surface area (Å²) < 4.78 is 4.82. The minimum absolute atomic E-state index is 0.0291. The van der Waals surface area contributed by atoms with Gasteiger partial charge in [-0.3, -0.25) is 0 Å². The van der Waals surface area contributed by atoms with Gasteiger partial charge in [0.15, 0.2) is 0 Å². The van der Waals surface area contributed by atoms with E-state index < -0.39 is 5.97 Å². The van der Waals surface area contributed by atoms with E-state index in [9.17, 15) is 9.90 Å². The summed E-state index contributed by atoms with van der Waals surface area (Å²) >= 11 is 0. The molecule has 0 aliphatic rings. The van der Waals surface area contributed by atoms with Crippen molar-refractivity contribution >= 4 is 5.97 Å². The summed E-state index contributed by atoms with van der Waals surface area (Å²) in [6, 6.07) is 8.02. The first-order valence-electron chi connectivity index (χ1n) is 4.29. The summed E-state index contributed by atoms with van der Waals surface area (Å²) in [6.07, 6.45) is 1.28. The molecular formula is C11H8O4. The van der Waals surface area contributed by atoms with Crippen molar-refractivity contribution in [1.82, 2.24) is 0 Å². The van der Waals surface area contributed by atoms with E-state index in [2.05, 4.69) is 0 Å². The van der Waals surface area contributed by atoms with E-state index in [4.69, 9.17) is 9.52 Å². The Morgan fingerprint density at radius 3 is 2.53 bits per heavy atom. The number of carboxylic acid groups (broad SMARTS) is 1. The van der Waals surface area contributed by atoms with Gasteiger partial charge in [0.25, 0.3) is 0 Å². The van der Waals surface area contributed by atoms with Crippen molar-refractivity contribution in [3.63, 3.8) is 0 Å². The molecule has 2 aromatic rings. The lowest BCUT2D eigenvalue weighted by atomic mass is 10.1. The minimum Gasteiger partial charge on any atom is -0.507 e. The molecule has 15 heavy (non-hydrogen) atoms. The Morgan fingerprint density at radius 1 is 1.13 bits per heavy atom. The molecule has 0 aliphatic carbocycles. The number of carbonyl (C=O) groups is 1. The van der Waals surface area contributed by atoms with Crippen LogP contribution in [-0.4, -0.2) is 16.2 Å². The lowest BCUT2D eigenvalue weighted by molar-refractivity contribution is 0.0663. The molecule has 0 saturated heterocycles. The third-order valence-corrected chi connectivity index (χ3v) is 2.05. The van der Waals surface area contributed by atoms with Gasteiger partial charge in [0.05, 0.1) is 6.26 Å². The van der Waals surface area contributed by atoms with Crippen LogP contribution < -0.4 is 0 Å². The standard InChI is InChI=1S/C11H8O4/c12-9-4-2-1-3-7(9)8-5-6-15-10(8)11(13)14/h1-6,12H,(H,13,14). The highest BCUT2D eigenvalue weighted by molar-refractivity contribution is 5.94. The summed E-state index contributed by atoms with van der Waals surface area (Å²) in [5, 5.41) is 18.4. The largest absolute Gasteiger partial charge is 0.507 e. The molecule has 4 heteroatoms. The van der Waals surface area contributed by atoms with Gasteiger partial charge in [-0.2, -0.15) is 0 Å². The number of furan rings is 1. The molecule has 0 unspecified atom stereocenters. The van der Waals surface area contributed by atoms with Crippen molar-refractivity contribution in [2.75, 3.05) is 0 Å². The van der Waals surface area contributed by atoms with Gasteiger partial charge >= 0.3 is 5.97 Å². The third kappa shape index (κ3) is 1.57. The fourth-order valence-corrected chi connectivity index (χ4v) is 1.39. The van der Waals surface area contributed by atoms with Gasteiger partial charge in [0, 0.05) is 11.1 Å². The van der Waals surface area contributed by atoms with Gasteiger partial charge in [-0.25, -0.2) is 4.79 Å². The van der Waals surface area contributed by atoms with Crippen LogP contribution in [0.2, 0.25) is 0 Å². The van der Waals surface area contributed by atoms with Crippen LogP contribution in [0.4, 0.5) is 0 Å². The smallest absolute Gasteiger partial charge is 0.372 e. The summed E-state index contributed by atoms with van der Waals surface area (Å²) in [5.74, 6) is -1.30. The second-order valence-electron chi connectivity index (χ2n) is 2.99. The van der Waals surface area contributed by atoms with E-state index in [1.54, 1.807) is 18.2 Å². The first kappa shape index (κ1) is 9.33. The van der Waals surface area contributed by atoms with Crippen LogP contribution in [0.3, 0.4) is 0 Å². The zero-order chi connectivity index (χ0) is 10.8. The Hall–Kier alpha value is -2.23. The van der Waals surface area contributed by atoms with Gasteiger partial charge < -0.3 is 14.6 Å². The number of phenolic OH excluding ortho intramolecular Hbond substituents is 1. The monoisotopic (exact) mass is 204 g/mol. The van der Waals surface area contributed by atoms with E-state index >= 15 is 0 Å². The maximum absolute atomic E-state index is 10.8. The van der Waals surface area contributed by atoms with Crippen LogP contribution in [0.5, 0.6) is 5.75 Å². The number of aromatic hydroxyl groups is 1. The van der Waals surface area contributed by atoms with Crippen molar-refractivity contribution < 1.29 is 19.4 Å². The SMILES string of the molecule is O=C(O)c1occc1-c1ccccc1O. The molecule has 0 fully saturated rings. The average molecular weight is 204 g/mol. The summed E-state index contributed by atoms with van der Waals surface area (Å²) in [5.41, 5.74) is 0.823. The average Bonchev–Trinajstić information content (AvgIpc) is 2.67. The van der Waals surface area contributed by atoms with Crippen LogP contribution in [-0.2, 0) is 0 Å². The van der Waals surface area contributed by atoms with Crippen LogP contribution >= 0.6 is 0 Å². The summed E-state index contributed by atoms with van der Waals surface area (Å²) in [7, 11) is 0. The van der Waals surface area contributed by atoms with Crippen LogP contribution in [0.15, 0.2) is 41.0 Å². The molecule has 0 radical (unpaired) electrons. The van der Waals surface area contributed by atoms with E-state index in [-0.39, 0.29) is 11.5 Å². The summed E-state index contributed by atoms with van der Waals surface area (Å²) in [4.78, 5) is 10.8. The van der Waals surface area contributed by atoms with Gasteiger partial charge in [-0.1, -0.05) is 18.2 Å². The molecule has 0 atom stereocenters. The zero-order valence-corrected chi connectivity index (χ0v) is 7.68. The zero-order valence-electron chi connectivity index (χ0n) is 7.68. The Labute approximate surface area is 85.4 Å². The Balaban J connectivity index is 2.59. The van der Waals surface area contributed by atoms with Crippen LogP contribution in [0.25, 0.3) is 11.1 Å². The molecule has 0 aliphatic heterocycles. The highest BCUT2D eigenvalue weighted by Gasteiger charge is 2.17. The maximum atomic E-state index is 10.8. The molecular weight excluding hydrogens is 196 g/mol. The molecule has 0 spiro atoms. The van der Waals surface area contributed by atoms with Crippen LogP contribution in [0, 0.1) is 0 Å². The number of aromatic carboxylic acids is 1. The minimum atomic E-state index is -1.15. The molecule has 2 N–H and O–H groups in total. The Kier molecular flexibility index (Phi) is 2.17. The van der Waals surface area contributed by atoms with Crippen molar-refractivity contribution in [2.24, 2.45) is 0 Å². The quantitative estimate of drug-likeness (QED) is 0.787. The van der Waals surface area contributed by atoms with Crippen molar-refractivity contribution in [3.05, 3.63) is 42.4 Å². The fourth-order valence-electron chi connectivity index (χ4n) is 1.39. The van der Waals surface area contributed by atoms with Gasteiger partial charge in [-0.15, -0.1) is 0 Å². The molecule has 0 bridgehead atoms. The number of benzene rings is 1. The number of hydrogen-bond acceptors (Lipinski definition) is 3. The van der Waals surface area contributed by atoms with E-state index in [1.165, 1.54) is 18.4 Å². The second kappa shape index (κ2) is 3.49. The number of phenols is 1. The molecule has 1 aromatic heterocycles. The fraction of sp³-hybridized carbons (Fsp3) is 0. The van der Waals surface area contributed by atoms with Gasteiger partial charge in [0.2, 0.25) is 5.76 Å². The molecule has 0 saturated carbocycles. The summed E-state index contributed by atoms with van der Waals surface area (Å²) in [6.45, 7) is 0. The highest BCUT2D eigenvalue weighted by atomic mass is 16.4. The van der Waals surface area contributed by atoms with E-state index in [1.807, 2.05) is 0 Å². The third-order valence-electron chi connectivity index (χ3n) is 2.05. The molecule has 76 valence electrons.